The zero-order valence-corrected chi connectivity index (χ0v) is 9.48. The lowest BCUT2D eigenvalue weighted by Gasteiger charge is -2.13. The third-order valence-corrected chi connectivity index (χ3v) is 2.32. The molecule has 0 aromatic carbocycles. The Hall–Kier alpha value is -2.36. The van der Waals surface area contributed by atoms with Crippen LogP contribution in [0.25, 0.3) is 5.52 Å². The highest BCUT2D eigenvalue weighted by Gasteiger charge is 2.20. The minimum atomic E-state index is -2.85. The number of hydrogen-bond acceptors (Lipinski definition) is 4. The zero-order valence-electron chi connectivity index (χ0n) is 9.48. The van der Waals surface area contributed by atoms with Gasteiger partial charge in [0.15, 0.2) is 0 Å². The Labute approximate surface area is 101 Å². The van der Waals surface area contributed by atoms with Crippen LogP contribution in [0.2, 0.25) is 0 Å². The van der Waals surface area contributed by atoms with Gasteiger partial charge in [-0.1, -0.05) is 0 Å². The van der Waals surface area contributed by atoms with Crippen molar-refractivity contribution in [3.63, 3.8) is 0 Å². The Kier molecular flexibility index (Phi) is 2.79. The third kappa shape index (κ3) is 2.32. The van der Waals surface area contributed by atoms with Gasteiger partial charge in [-0.15, -0.1) is 0 Å². The first-order valence-corrected chi connectivity index (χ1v) is 5.13. The Morgan fingerprint density at radius 3 is 2.94 bits per heavy atom. The van der Waals surface area contributed by atoms with E-state index in [-0.39, 0.29) is 16.8 Å². The van der Waals surface area contributed by atoms with Crippen molar-refractivity contribution in [1.82, 2.24) is 9.61 Å². The van der Waals surface area contributed by atoms with Gasteiger partial charge in [0.05, 0.1) is 24.6 Å². The Bertz CT molecular complexity index is 624. The van der Waals surface area contributed by atoms with Crippen molar-refractivity contribution < 1.29 is 13.9 Å². The molecule has 0 spiro atoms. The number of nitriles is 1. The summed E-state index contributed by atoms with van der Waals surface area (Å²) in [6.07, 6.45) is 2.73. The van der Waals surface area contributed by atoms with Gasteiger partial charge < -0.3 is 10.4 Å². The Morgan fingerprint density at radius 2 is 2.33 bits per heavy atom. The smallest absolute Gasteiger partial charge is 0.262 e. The van der Waals surface area contributed by atoms with Crippen LogP contribution in [0.5, 0.6) is 5.75 Å². The largest absolute Gasteiger partial charge is 0.506 e. The third-order valence-electron chi connectivity index (χ3n) is 2.32. The van der Waals surface area contributed by atoms with Crippen molar-refractivity contribution in [3.8, 4) is 11.8 Å². The molecule has 7 heteroatoms. The summed E-state index contributed by atoms with van der Waals surface area (Å²) in [7, 11) is 0. The summed E-state index contributed by atoms with van der Waals surface area (Å²) in [5, 5.41) is 24.9. The first-order valence-electron chi connectivity index (χ1n) is 5.13. The average Bonchev–Trinajstić information content (AvgIpc) is 2.69. The molecule has 0 fully saturated rings. The van der Waals surface area contributed by atoms with Gasteiger partial charge >= 0.3 is 0 Å². The number of pyridine rings is 1. The molecular weight excluding hydrogens is 242 g/mol. The maximum atomic E-state index is 12.7. The molecule has 0 atom stereocenters. The quantitative estimate of drug-likeness (QED) is 0.876. The first-order chi connectivity index (χ1) is 8.40. The van der Waals surface area contributed by atoms with Crippen molar-refractivity contribution in [2.24, 2.45) is 0 Å². The molecule has 0 aliphatic carbocycles. The summed E-state index contributed by atoms with van der Waals surface area (Å²) in [6.45, 7) is 0.240. The van der Waals surface area contributed by atoms with Crippen LogP contribution in [0.3, 0.4) is 0 Å². The number of hydrogen-bond donors (Lipinski definition) is 2. The van der Waals surface area contributed by atoms with Gasteiger partial charge in [-0.05, 0) is 0 Å². The fraction of sp³-hybridized carbons (Fsp3) is 0.273. The summed E-state index contributed by atoms with van der Waals surface area (Å²) in [5.74, 6) is -3.04. The first kappa shape index (κ1) is 12.1. The molecule has 0 saturated heterocycles. The van der Waals surface area contributed by atoms with Gasteiger partial charge in [0, 0.05) is 13.0 Å². The van der Waals surface area contributed by atoms with Crippen LogP contribution in [-0.2, 0) is 0 Å². The molecule has 2 rings (SSSR count). The second kappa shape index (κ2) is 4.14. The van der Waals surface area contributed by atoms with Gasteiger partial charge in [-0.25, -0.2) is 13.3 Å². The molecule has 0 aliphatic rings. The molecule has 2 heterocycles. The van der Waals surface area contributed by atoms with Crippen molar-refractivity contribution in [3.05, 3.63) is 24.0 Å². The number of rotatable bonds is 3. The lowest BCUT2D eigenvalue weighted by molar-refractivity contribution is 0.0367. The number of nitrogens with zero attached hydrogens (tertiary/aromatic N) is 3. The van der Waals surface area contributed by atoms with E-state index in [0.717, 1.165) is 6.92 Å². The van der Waals surface area contributed by atoms with E-state index >= 15 is 0 Å². The van der Waals surface area contributed by atoms with Crippen LogP contribution in [0.15, 0.2) is 18.5 Å². The van der Waals surface area contributed by atoms with Crippen LogP contribution >= 0.6 is 0 Å². The molecule has 5 nitrogen and oxygen atoms in total. The predicted molar refractivity (Wildman–Crippen MR) is 60.7 cm³/mol. The second-order valence-electron chi connectivity index (χ2n) is 4.00. The van der Waals surface area contributed by atoms with E-state index < -0.39 is 12.5 Å². The SMILES string of the molecule is CC(F)(F)CNc1cc(O)c2c(C#N)cnn2c1. The molecule has 0 radical (unpaired) electrons. The van der Waals surface area contributed by atoms with Crippen molar-refractivity contribution in [2.45, 2.75) is 12.8 Å². The molecule has 2 aromatic heterocycles. The van der Waals surface area contributed by atoms with Gasteiger partial charge in [0.25, 0.3) is 5.92 Å². The topological polar surface area (TPSA) is 73.3 Å². The molecule has 2 aromatic rings. The molecular formula is C11H10F2N4O. The summed E-state index contributed by atoms with van der Waals surface area (Å²) in [4.78, 5) is 0. The fourth-order valence-corrected chi connectivity index (χ4v) is 1.54. The molecule has 18 heavy (non-hydrogen) atoms. The number of alkyl halides is 2. The maximum absolute atomic E-state index is 12.7. The fourth-order valence-electron chi connectivity index (χ4n) is 1.54. The van der Waals surface area contributed by atoms with E-state index in [1.807, 2.05) is 6.07 Å². The Morgan fingerprint density at radius 1 is 1.61 bits per heavy atom. The minimum absolute atomic E-state index is 0.187. The Balaban J connectivity index is 2.36. The van der Waals surface area contributed by atoms with Gasteiger partial charge in [0.1, 0.15) is 22.9 Å². The molecule has 0 unspecified atom stereocenters. The number of aromatic nitrogens is 2. The summed E-state index contributed by atoms with van der Waals surface area (Å²) >= 11 is 0. The number of anilines is 1. The molecule has 0 amide bonds. The lowest BCUT2D eigenvalue weighted by Crippen LogP contribution is -2.22. The van der Waals surface area contributed by atoms with Gasteiger partial charge in [-0.3, -0.25) is 0 Å². The number of aromatic hydroxyl groups is 1. The second-order valence-corrected chi connectivity index (χ2v) is 4.00. The zero-order chi connectivity index (χ0) is 13.3. The van der Waals surface area contributed by atoms with Crippen LogP contribution in [0.4, 0.5) is 14.5 Å². The number of halogens is 2. The predicted octanol–water partition coefficient (Wildman–Crippen LogP) is 1.98. The molecule has 0 saturated carbocycles. The summed E-state index contributed by atoms with van der Waals surface area (Å²) < 4.78 is 26.6. The van der Waals surface area contributed by atoms with E-state index in [2.05, 4.69) is 10.4 Å². The van der Waals surface area contributed by atoms with E-state index in [0.29, 0.717) is 5.69 Å². The highest BCUT2D eigenvalue weighted by molar-refractivity contribution is 5.71. The average molecular weight is 252 g/mol. The summed E-state index contributed by atoms with van der Waals surface area (Å²) in [5.41, 5.74) is 0.778. The molecule has 0 bridgehead atoms. The maximum Gasteiger partial charge on any atom is 0.262 e. The van der Waals surface area contributed by atoms with Crippen molar-refractivity contribution >= 4 is 11.2 Å². The normalized spacial score (nSPS) is 11.4. The number of fused-ring (bicyclic) bond motifs is 1. The monoisotopic (exact) mass is 252 g/mol. The van der Waals surface area contributed by atoms with Gasteiger partial charge in [0.2, 0.25) is 0 Å². The van der Waals surface area contributed by atoms with Crippen molar-refractivity contribution in [2.75, 3.05) is 11.9 Å². The molecule has 0 aliphatic heterocycles. The van der Waals surface area contributed by atoms with Crippen LogP contribution < -0.4 is 5.32 Å². The highest BCUT2D eigenvalue weighted by Crippen LogP contribution is 2.26. The van der Waals surface area contributed by atoms with E-state index in [9.17, 15) is 13.9 Å². The molecule has 2 N–H and O–H groups in total. The van der Waals surface area contributed by atoms with E-state index in [1.165, 1.54) is 23.0 Å². The minimum Gasteiger partial charge on any atom is -0.506 e. The standard InChI is InChI=1S/C11H10F2N4O/c1-11(12,13)6-15-8-2-9(18)10-7(3-14)4-16-17(10)5-8/h2,4-5,15,18H,6H2,1H3. The lowest BCUT2D eigenvalue weighted by atomic mass is 10.2. The van der Waals surface area contributed by atoms with Crippen LogP contribution in [0.1, 0.15) is 12.5 Å². The molecule has 94 valence electrons. The van der Waals surface area contributed by atoms with Crippen LogP contribution in [0, 0.1) is 11.3 Å². The number of nitrogens with one attached hydrogen (secondary N) is 1. The summed E-state index contributed by atoms with van der Waals surface area (Å²) in [6, 6.07) is 3.16. The van der Waals surface area contributed by atoms with E-state index in [4.69, 9.17) is 5.26 Å². The highest BCUT2D eigenvalue weighted by atomic mass is 19.3. The van der Waals surface area contributed by atoms with Crippen molar-refractivity contribution in [1.29, 1.82) is 5.26 Å². The van der Waals surface area contributed by atoms with Gasteiger partial charge in [-0.2, -0.15) is 10.4 Å². The van der Waals surface area contributed by atoms with Crippen LogP contribution in [-0.4, -0.2) is 27.2 Å². The van der Waals surface area contributed by atoms with E-state index in [1.54, 1.807) is 0 Å².